The number of hydrogen-bond donors (Lipinski definition) is 2. The maximum atomic E-state index is 11.2. The van der Waals surface area contributed by atoms with Crippen molar-refractivity contribution in [2.75, 3.05) is 20.3 Å². The van der Waals surface area contributed by atoms with Crippen molar-refractivity contribution in [2.45, 2.75) is 26.3 Å². The average Bonchev–Trinajstić information content (AvgIpc) is 2.01. The molecule has 0 heterocycles. The lowest BCUT2D eigenvalue weighted by Gasteiger charge is -2.19. The summed E-state index contributed by atoms with van der Waals surface area (Å²) in [5, 5.41) is 4.98. The fourth-order valence-electron chi connectivity index (χ4n) is 0.744. The van der Waals surface area contributed by atoms with E-state index in [2.05, 4.69) is 10.6 Å². The van der Waals surface area contributed by atoms with Gasteiger partial charge in [-0.3, -0.25) is 9.59 Å². The van der Waals surface area contributed by atoms with Gasteiger partial charge in [-0.25, -0.2) is 0 Å². The van der Waals surface area contributed by atoms with Crippen LogP contribution in [0.5, 0.6) is 0 Å². The zero-order chi connectivity index (χ0) is 11.2. The topological polar surface area (TPSA) is 67.4 Å². The summed E-state index contributed by atoms with van der Waals surface area (Å²) >= 11 is 0. The lowest BCUT2D eigenvalue weighted by Crippen LogP contribution is -2.48. The summed E-state index contributed by atoms with van der Waals surface area (Å²) in [4.78, 5) is 22.3. The van der Waals surface area contributed by atoms with E-state index in [0.29, 0.717) is 13.2 Å². The van der Waals surface area contributed by atoms with Crippen LogP contribution in [0.3, 0.4) is 0 Å². The lowest BCUT2D eigenvalue weighted by atomic mass is 10.1. The molecular formula is C9H18N2O3. The van der Waals surface area contributed by atoms with Gasteiger partial charge in [0.05, 0.1) is 6.61 Å². The van der Waals surface area contributed by atoms with Crippen LogP contribution in [0.4, 0.5) is 0 Å². The van der Waals surface area contributed by atoms with Crippen LogP contribution in [0.15, 0.2) is 0 Å². The van der Waals surface area contributed by atoms with Gasteiger partial charge in [0.25, 0.3) is 0 Å². The van der Waals surface area contributed by atoms with Gasteiger partial charge in [0.1, 0.15) is 0 Å². The summed E-state index contributed by atoms with van der Waals surface area (Å²) in [5.41, 5.74) is -0.393. The van der Waals surface area contributed by atoms with Crippen LogP contribution in [0, 0.1) is 0 Å². The third-order valence-electron chi connectivity index (χ3n) is 1.29. The third kappa shape index (κ3) is 6.42. The molecule has 0 saturated heterocycles. The maximum absolute atomic E-state index is 11.2. The molecule has 14 heavy (non-hydrogen) atoms. The molecule has 2 amide bonds. The molecule has 82 valence electrons. The second-order valence-electron chi connectivity index (χ2n) is 3.95. The van der Waals surface area contributed by atoms with Crippen molar-refractivity contribution in [2.24, 2.45) is 0 Å². The van der Waals surface area contributed by atoms with Gasteiger partial charge in [-0.1, -0.05) is 0 Å². The summed E-state index contributed by atoms with van der Waals surface area (Å²) < 4.78 is 4.73. The van der Waals surface area contributed by atoms with E-state index in [1.54, 1.807) is 0 Å². The molecule has 5 nitrogen and oxygen atoms in total. The van der Waals surface area contributed by atoms with Crippen LogP contribution in [-0.2, 0) is 14.3 Å². The lowest BCUT2D eigenvalue weighted by molar-refractivity contribution is -0.140. The third-order valence-corrected chi connectivity index (χ3v) is 1.29. The average molecular weight is 202 g/mol. The molecule has 0 aliphatic carbocycles. The molecule has 0 aromatic carbocycles. The first-order chi connectivity index (χ1) is 6.37. The van der Waals surface area contributed by atoms with Crippen molar-refractivity contribution in [3.63, 3.8) is 0 Å². The van der Waals surface area contributed by atoms with E-state index in [1.165, 1.54) is 7.11 Å². The van der Waals surface area contributed by atoms with Crippen molar-refractivity contribution in [3.05, 3.63) is 0 Å². The van der Waals surface area contributed by atoms with E-state index < -0.39 is 17.4 Å². The van der Waals surface area contributed by atoms with Gasteiger partial charge in [0, 0.05) is 19.2 Å². The summed E-state index contributed by atoms with van der Waals surface area (Å²) in [5.74, 6) is -1.24. The monoisotopic (exact) mass is 202 g/mol. The molecule has 2 N–H and O–H groups in total. The van der Waals surface area contributed by atoms with Crippen molar-refractivity contribution < 1.29 is 14.3 Å². The Kier molecular flexibility index (Phi) is 5.15. The number of carbonyl (C=O) groups is 2. The molecule has 0 bridgehead atoms. The van der Waals surface area contributed by atoms with Gasteiger partial charge in [-0.2, -0.15) is 0 Å². The number of carbonyl (C=O) groups excluding carboxylic acids is 2. The van der Waals surface area contributed by atoms with Crippen molar-refractivity contribution >= 4 is 11.8 Å². The van der Waals surface area contributed by atoms with E-state index in [0.717, 1.165) is 0 Å². The highest BCUT2D eigenvalue weighted by Gasteiger charge is 2.19. The fraction of sp³-hybridized carbons (Fsp3) is 0.778. The minimum absolute atomic E-state index is 0.340. The molecule has 0 atom stereocenters. The summed E-state index contributed by atoms with van der Waals surface area (Å²) in [6.45, 7) is 6.18. The first-order valence-electron chi connectivity index (χ1n) is 4.46. The molecule has 0 aromatic heterocycles. The smallest absolute Gasteiger partial charge is 0.309 e. The van der Waals surface area contributed by atoms with Crippen LogP contribution in [0.25, 0.3) is 0 Å². The molecule has 0 rings (SSSR count). The molecular weight excluding hydrogens is 184 g/mol. The predicted octanol–water partition coefficient (Wildman–Crippen LogP) is -0.336. The van der Waals surface area contributed by atoms with E-state index >= 15 is 0 Å². The SMILES string of the molecule is COCCNC(=O)C(=O)NC(C)(C)C. The van der Waals surface area contributed by atoms with Crippen LogP contribution < -0.4 is 10.6 Å². The van der Waals surface area contributed by atoms with Gasteiger partial charge >= 0.3 is 11.8 Å². The molecule has 5 heteroatoms. The second kappa shape index (κ2) is 5.59. The highest BCUT2D eigenvalue weighted by Crippen LogP contribution is 1.97. The minimum Gasteiger partial charge on any atom is -0.383 e. The Hall–Kier alpha value is -1.10. The highest BCUT2D eigenvalue weighted by atomic mass is 16.5. The van der Waals surface area contributed by atoms with E-state index in [-0.39, 0.29) is 0 Å². The number of rotatable bonds is 3. The zero-order valence-electron chi connectivity index (χ0n) is 9.14. The molecule has 0 saturated carbocycles. The van der Waals surface area contributed by atoms with E-state index in [4.69, 9.17) is 4.74 Å². The predicted molar refractivity (Wildman–Crippen MR) is 52.8 cm³/mol. The highest BCUT2D eigenvalue weighted by molar-refractivity contribution is 6.35. The Balaban J connectivity index is 3.83. The minimum atomic E-state index is -0.628. The summed E-state index contributed by atoms with van der Waals surface area (Å²) in [6.07, 6.45) is 0. The van der Waals surface area contributed by atoms with E-state index in [9.17, 15) is 9.59 Å². The molecule has 0 aliphatic heterocycles. The first kappa shape index (κ1) is 12.9. The Bertz CT molecular complexity index is 209. The number of ether oxygens (including phenoxy) is 1. The molecule has 0 fully saturated rings. The van der Waals surface area contributed by atoms with Crippen molar-refractivity contribution in [1.82, 2.24) is 10.6 Å². The summed E-state index contributed by atoms with van der Waals surface area (Å²) in [7, 11) is 1.53. The van der Waals surface area contributed by atoms with E-state index in [1.807, 2.05) is 20.8 Å². The van der Waals surface area contributed by atoms with Gasteiger partial charge in [-0.15, -0.1) is 0 Å². The van der Waals surface area contributed by atoms with Crippen molar-refractivity contribution in [3.8, 4) is 0 Å². The van der Waals surface area contributed by atoms with Gasteiger partial charge < -0.3 is 15.4 Å². The van der Waals surface area contributed by atoms with Crippen molar-refractivity contribution in [1.29, 1.82) is 0 Å². The molecule has 0 radical (unpaired) electrons. The van der Waals surface area contributed by atoms with Crippen LogP contribution >= 0.6 is 0 Å². The molecule has 0 aliphatic rings. The Morgan fingerprint density at radius 1 is 1.21 bits per heavy atom. The largest absolute Gasteiger partial charge is 0.383 e. The Labute approximate surface area is 84.2 Å². The Morgan fingerprint density at radius 2 is 1.79 bits per heavy atom. The van der Waals surface area contributed by atoms with Gasteiger partial charge in [0.2, 0.25) is 0 Å². The number of hydrogen-bond acceptors (Lipinski definition) is 3. The number of nitrogens with one attached hydrogen (secondary N) is 2. The second-order valence-corrected chi connectivity index (χ2v) is 3.95. The number of methoxy groups -OCH3 is 1. The first-order valence-corrected chi connectivity index (χ1v) is 4.46. The molecule has 0 unspecified atom stereocenters. The standard InChI is InChI=1S/C9H18N2O3/c1-9(2,3)11-8(13)7(12)10-5-6-14-4/h5-6H2,1-4H3,(H,10,12)(H,11,13). The number of amides is 2. The molecule has 0 aromatic rings. The van der Waals surface area contributed by atoms with Crippen LogP contribution in [-0.4, -0.2) is 37.6 Å². The van der Waals surface area contributed by atoms with Crippen LogP contribution in [0.1, 0.15) is 20.8 Å². The molecule has 0 spiro atoms. The Morgan fingerprint density at radius 3 is 2.21 bits per heavy atom. The fourth-order valence-corrected chi connectivity index (χ4v) is 0.744. The summed E-state index contributed by atoms with van der Waals surface area (Å²) in [6, 6.07) is 0. The zero-order valence-corrected chi connectivity index (χ0v) is 9.14. The maximum Gasteiger partial charge on any atom is 0.309 e. The van der Waals surface area contributed by atoms with Crippen LogP contribution in [0.2, 0.25) is 0 Å². The van der Waals surface area contributed by atoms with Gasteiger partial charge in [0.15, 0.2) is 0 Å². The quantitative estimate of drug-likeness (QED) is 0.486. The normalized spacial score (nSPS) is 10.9. The van der Waals surface area contributed by atoms with Gasteiger partial charge in [-0.05, 0) is 20.8 Å².